The first-order valence-electron chi connectivity index (χ1n) is 13.8. The molecule has 17 heteroatoms. The van der Waals surface area contributed by atoms with Gasteiger partial charge >= 0.3 is 0 Å². The molecular weight excluding hydrogens is 576 g/mol. The van der Waals surface area contributed by atoms with Crippen LogP contribution in [0.3, 0.4) is 0 Å². The van der Waals surface area contributed by atoms with Crippen LogP contribution in [0, 0.1) is 0 Å². The molecule has 1 heterocycles. The average Bonchev–Trinajstić information content (AvgIpc) is 3.23. The van der Waals surface area contributed by atoms with E-state index in [0.29, 0.717) is 12.8 Å². The van der Waals surface area contributed by atoms with Crippen LogP contribution >= 0.6 is 11.8 Å². The van der Waals surface area contributed by atoms with E-state index in [4.69, 9.17) is 14.9 Å². The minimum absolute atomic E-state index is 0.00672. The summed E-state index contributed by atoms with van der Waals surface area (Å²) in [6.45, 7) is 0.904. The quantitative estimate of drug-likeness (QED) is 0.0330. The predicted molar refractivity (Wildman–Crippen MR) is 152 cm³/mol. The molecule has 0 saturated carbocycles. The topological polar surface area (TPSA) is 236 Å². The SMILES string of the molecule is CNCCCCC(NC(=O)CCN1C(=O)CC(SCC(NC(C)=O)C(=O)NCCOC(O)CO)C1=O)C(=O)NCCO. The van der Waals surface area contributed by atoms with E-state index in [1.54, 1.807) is 0 Å². The van der Waals surface area contributed by atoms with Crippen molar-refractivity contribution in [1.82, 2.24) is 31.5 Å². The molecule has 0 radical (unpaired) electrons. The van der Waals surface area contributed by atoms with Gasteiger partial charge in [-0.2, -0.15) is 0 Å². The van der Waals surface area contributed by atoms with E-state index in [1.165, 1.54) is 6.92 Å². The third-order valence-electron chi connectivity index (χ3n) is 6.02. The van der Waals surface area contributed by atoms with Crippen molar-refractivity contribution < 1.29 is 48.8 Å². The Bertz CT molecular complexity index is 911. The predicted octanol–water partition coefficient (Wildman–Crippen LogP) is -3.83. The molecule has 6 amide bonds. The Morgan fingerprint density at radius 1 is 1.02 bits per heavy atom. The number of unbranched alkanes of at least 4 members (excludes halogenated alkanes) is 1. The Balaban J connectivity index is 2.63. The number of nitrogens with zero attached hydrogens (tertiary/aromatic N) is 1. The zero-order chi connectivity index (χ0) is 31.5. The molecule has 4 atom stereocenters. The molecule has 4 unspecified atom stereocenters. The molecule has 0 aromatic heterocycles. The van der Waals surface area contributed by atoms with E-state index in [2.05, 4.69) is 26.6 Å². The molecule has 0 aromatic carbocycles. The van der Waals surface area contributed by atoms with Crippen LogP contribution in [-0.2, 0) is 33.5 Å². The van der Waals surface area contributed by atoms with Crippen molar-refractivity contribution in [2.75, 3.05) is 58.8 Å². The molecule has 16 nitrogen and oxygen atoms in total. The van der Waals surface area contributed by atoms with Gasteiger partial charge in [0.25, 0.3) is 0 Å². The normalized spacial score (nSPS) is 17.0. The minimum atomic E-state index is -1.38. The smallest absolute Gasteiger partial charge is 0.243 e. The van der Waals surface area contributed by atoms with Gasteiger partial charge in [0.1, 0.15) is 12.1 Å². The number of carbonyl (C=O) groups is 6. The Morgan fingerprint density at radius 3 is 2.36 bits per heavy atom. The highest BCUT2D eigenvalue weighted by molar-refractivity contribution is 8.00. The zero-order valence-electron chi connectivity index (χ0n) is 24.1. The molecule has 8 N–H and O–H groups in total. The molecule has 1 saturated heterocycles. The van der Waals surface area contributed by atoms with Gasteiger partial charge in [0.15, 0.2) is 6.29 Å². The van der Waals surface area contributed by atoms with Crippen LogP contribution in [0.5, 0.6) is 0 Å². The van der Waals surface area contributed by atoms with Gasteiger partial charge in [0, 0.05) is 45.2 Å². The lowest BCUT2D eigenvalue weighted by atomic mass is 10.1. The Kier molecular flexibility index (Phi) is 18.6. The number of rotatable bonds is 22. The third kappa shape index (κ3) is 14.4. The summed E-state index contributed by atoms with van der Waals surface area (Å²) in [6, 6.07) is -1.84. The maximum absolute atomic E-state index is 12.9. The molecule has 240 valence electrons. The number of likely N-dealkylation sites (tertiary alicyclic amines) is 1. The van der Waals surface area contributed by atoms with E-state index in [9.17, 15) is 33.9 Å². The second-order valence-electron chi connectivity index (χ2n) is 9.45. The van der Waals surface area contributed by atoms with Gasteiger partial charge in [-0.05, 0) is 32.9 Å². The second-order valence-corrected chi connectivity index (χ2v) is 10.7. The first kappa shape index (κ1) is 37.2. The lowest BCUT2D eigenvalue weighted by Crippen LogP contribution is -2.49. The molecule has 0 spiro atoms. The van der Waals surface area contributed by atoms with Gasteiger partial charge in [0.2, 0.25) is 35.4 Å². The second kappa shape index (κ2) is 21.0. The minimum Gasteiger partial charge on any atom is -0.395 e. The molecular formula is C25H44N6O10S. The van der Waals surface area contributed by atoms with Gasteiger partial charge in [0.05, 0.1) is 25.1 Å². The average molecular weight is 621 g/mol. The number of hydrogen-bond donors (Lipinski definition) is 8. The number of ether oxygens (including phenoxy) is 1. The zero-order valence-corrected chi connectivity index (χ0v) is 24.9. The highest BCUT2D eigenvalue weighted by Gasteiger charge is 2.39. The summed E-state index contributed by atoms with van der Waals surface area (Å²) in [5.74, 6) is -2.99. The molecule has 1 fully saturated rings. The summed E-state index contributed by atoms with van der Waals surface area (Å²) in [7, 11) is 1.81. The van der Waals surface area contributed by atoms with Gasteiger partial charge in [-0.15, -0.1) is 11.8 Å². The van der Waals surface area contributed by atoms with Crippen LogP contribution in [0.1, 0.15) is 39.0 Å². The van der Waals surface area contributed by atoms with Crippen molar-refractivity contribution in [3.63, 3.8) is 0 Å². The maximum atomic E-state index is 12.9. The molecule has 42 heavy (non-hydrogen) atoms. The van der Waals surface area contributed by atoms with Gasteiger partial charge < -0.3 is 46.6 Å². The van der Waals surface area contributed by atoms with E-state index in [1.807, 2.05) is 7.05 Å². The molecule has 0 bridgehead atoms. The number of amides is 6. The van der Waals surface area contributed by atoms with Crippen molar-refractivity contribution in [3.8, 4) is 0 Å². The van der Waals surface area contributed by atoms with Gasteiger partial charge in [-0.25, -0.2) is 0 Å². The molecule has 1 aliphatic heterocycles. The van der Waals surface area contributed by atoms with E-state index >= 15 is 0 Å². The number of carbonyl (C=O) groups excluding carboxylic acids is 6. The van der Waals surface area contributed by atoms with Crippen LogP contribution in [0.15, 0.2) is 0 Å². The van der Waals surface area contributed by atoms with E-state index < -0.39 is 65.7 Å². The lowest BCUT2D eigenvalue weighted by molar-refractivity contribution is -0.139. The fourth-order valence-corrected chi connectivity index (χ4v) is 5.09. The first-order chi connectivity index (χ1) is 20.0. The van der Waals surface area contributed by atoms with E-state index in [0.717, 1.165) is 29.6 Å². The largest absolute Gasteiger partial charge is 0.395 e. The van der Waals surface area contributed by atoms with Crippen molar-refractivity contribution in [2.45, 2.75) is 62.7 Å². The molecule has 0 aliphatic carbocycles. The standard InChI is InChI=1S/C25H44N6O10S/c1-16(34)29-18(24(39)28-9-12-41-22(37)14-33)15-42-19-13-21(36)31(25(19)40)10-6-20(35)30-17(5-3-4-7-26-2)23(38)27-8-11-32/h17-19,22,26,32-33,37H,3-15H2,1-2H3,(H,27,38)(H,28,39)(H,29,34)(H,30,35). The fourth-order valence-electron chi connectivity index (χ4n) is 3.90. The van der Waals surface area contributed by atoms with Crippen molar-refractivity contribution >= 4 is 47.2 Å². The summed E-state index contributed by atoms with van der Waals surface area (Å²) < 4.78 is 4.85. The van der Waals surface area contributed by atoms with Crippen LogP contribution in [0.2, 0.25) is 0 Å². The highest BCUT2D eigenvalue weighted by Crippen LogP contribution is 2.26. The fraction of sp³-hybridized carbons (Fsp3) is 0.760. The summed E-state index contributed by atoms with van der Waals surface area (Å²) in [6.07, 6.45) is 0.113. The van der Waals surface area contributed by atoms with Crippen LogP contribution < -0.4 is 26.6 Å². The highest BCUT2D eigenvalue weighted by atomic mass is 32.2. The first-order valence-corrected chi connectivity index (χ1v) is 14.8. The maximum Gasteiger partial charge on any atom is 0.243 e. The number of aliphatic hydroxyl groups is 3. The Hall–Kier alpha value is -2.83. The molecule has 0 aromatic rings. The number of aliphatic hydroxyl groups excluding tert-OH is 3. The van der Waals surface area contributed by atoms with Gasteiger partial charge in [-0.1, -0.05) is 0 Å². The number of thioether (sulfide) groups is 1. The molecule has 1 rings (SSSR count). The van der Waals surface area contributed by atoms with Crippen LogP contribution in [-0.4, -0.2) is 138 Å². The monoisotopic (exact) mass is 620 g/mol. The number of hydrogen-bond acceptors (Lipinski definition) is 12. The third-order valence-corrected chi connectivity index (χ3v) is 7.32. The van der Waals surface area contributed by atoms with Crippen LogP contribution in [0.25, 0.3) is 0 Å². The summed E-state index contributed by atoms with van der Waals surface area (Å²) in [5.41, 5.74) is 0. The lowest BCUT2D eigenvalue weighted by Gasteiger charge is -2.20. The van der Waals surface area contributed by atoms with Crippen LogP contribution in [0.4, 0.5) is 0 Å². The van der Waals surface area contributed by atoms with Gasteiger partial charge in [-0.3, -0.25) is 33.7 Å². The molecule has 1 aliphatic rings. The van der Waals surface area contributed by atoms with Crippen molar-refractivity contribution in [3.05, 3.63) is 0 Å². The number of imide groups is 1. The summed E-state index contributed by atoms with van der Waals surface area (Å²) in [5, 5.41) is 39.3. The number of nitrogens with one attached hydrogen (secondary N) is 5. The Labute approximate surface area is 249 Å². The summed E-state index contributed by atoms with van der Waals surface area (Å²) in [4.78, 5) is 75.5. The summed E-state index contributed by atoms with van der Waals surface area (Å²) >= 11 is 1.02. The van der Waals surface area contributed by atoms with Crippen molar-refractivity contribution in [2.24, 2.45) is 0 Å². The Morgan fingerprint density at radius 2 is 1.71 bits per heavy atom. The van der Waals surface area contributed by atoms with E-state index in [-0.39, 0.29) is 51.4 Å². The van der Waals surface area contributed by atoms with Crippen molar-refractivity contribution in [1.29, 1.82) is 0 Å².